The molecule has 0 bridgehead atoms. The molecule has 5 nitrogen and oxygen atoms in total. The highest BCUT2D eigenvalue weighted by atomic mass is 16.5. The maximum absolute atomic E-state index is 11.5. The van der Waals surface area contributed by atoms with Crippen LogP contribution in [-0.2, 0) is 6.54 Å². The Kier molecular flexibility index (Phi) is 5.80. The molecule has 0 radical (unpaired) electrons. The third-order valence-electron chi connectivity index (χ3n) is 3.56. The highest BCUT2D eigenvalue weighted by Crippen LogP contribution is 2.28. The van der Waals surface area contributed by atoms with Crippen molar-refractivity contribution in [2.24, 2.45) is 0 Å². The summed E-state index contributed by atoms with van der Waals surface area (Å²) in [5.41, 5.74) is 2.69. The molecule has 24 heavy (non-hydrogen) atoms. The fourth-order valence-corrected chi connectivity index (χ4v) is 2.30. The highest BCUT2D eigenvalue weighted by Gasteiger charge is 2.08. The molecule has 2 aromatic rings. The Morgan fingerprint density at radius 1 is 1.21 bits per heavy atom. The van der Waals surface area contributed by atoms with Crippen LogP contribution in [0.3, 0.4) is 0 Å². The Labute approximate surface area is 141 Å². The number of hydrogen-bond acceptors (Lipinski definition) is 5. The largest absolute Gasteiger partial charge is 0.493 e. The van der Waals surface area contributed by atoms with Gasteiger partial charge >= 0.3 is 0 Å². The molecular formula is C19H20N2O3. The molecule has 0 saturated carbocycles. The van der Waals surface area contributed by atoms with Crippen molar-refractivity contribution in [3.05, 3.63) is 53.1 Å². The smallest absolute Gasteiger partial charge is 0.161 e. The minimum Gasteiger partial charge on any atom is -0.493 e. The third-order valence-corrected chi connectivity index (χ3v) is 3.56. The first-order valence-corrected chi connectivity index (χ1v) is 7.67. The molecule has 0 atom stereocenters. The quantitative estimate of drug-likeness (QED) is 0.785. The number of ketones is 1. The number of carbonyl (C=O) groups excluding carboxylic acids is 1. The number of carbonyl (C=O) groups is 1. The van der Waals surface area contributed by atoms with Crippen LogP contribution in [-0.4, -0.2) is 19.5 Å². The van der Waals surface area contributed by atoms with Gasteiger partial charge in [0.15, 0.2) is 17.3 Å². The van der Waals surface area contributed by atoms with Crippen LogP contribution < -0.4 is 14.8 Å². The van der Waals surface area contributed by atoms with Crippen LogP contribution in [0, 0.1) is 11.3 Å². The summed E-state index contributed by atoms with van der Waals surface area (Å²) in [4.78, 5) is 11.5. The molecular weight excluding hydrogens is 304 g/mol. The average Bonchev–Trinajstić information content (AvgIpc) is 2.60. The zero-order valence-corrected chi connectivity index (χ0v) is 14.1. The Bertz CT molecular complexity index is 779. The molecule has 0 spiro atoms. The van der Waals surface area contributed by atoms with Crippen molar-refractivity contribution in [1.82, 2.24) is 0 Å². The minimum atomic E-state index is -0.0365. The number of anilines is 1. The standard InChI is InChI=1S/C19H20N2O3/c1-4-24-19-9-14(5-8-18(19)23-3)12-21-17-10-15(13(2)22)6-7-16(17)11-20/h5-10,21H,4,12H2,1-3H3. The van der Waals surface area contributed by atoms with Gasteiger partial charge in [-0.3, -0.25) is 4.79 Å². The number of ether oxygens (including phenoxy) is 2. The van der Waals surface area contributed by atoms with Gasteiger partial charge in [0, 0.05) is 12.1 Å². The predicted molar refractivity (Wildman–Crippen MR) is 92.7 cm³/mol. The maximum Gasteiger partial charge on any atom is 0.161 e. The van der Waals surface area contributed by atoms with Crippen molar-refractivity contribution in [2.75, 3.05) is 19.0 Å². The molecule has 0 aromatic heterocycles. The normalized spacial score (nSPS) is 9.92. The lowest BCUT2D eigenvalue weighted by Gasteiger charge is -2.13. The summed E-state index contributed by atoms with van der Waals surface area (Å²) < 4.78 is 10.8. The van der Waals surface area contributed by atoms with Crippen LogP contribution in [0.25, 0.3) is 0 Å². The number of hydrogen-bond donors (Lipinski definition) is 1. The summed E-state index contributed by atoms with van der Waals surface area (Å²) in [5.74, 6) is 1.32. The molecule has 0 amide bonds. The number of nitriles is 1. The van der Waals surface area contributed by atoms with Gasteiger partial charge in [0.2, 0.25) is 0 Å². The minimum absolute atomic E-state index is 0.0365. The summed E-state index contributed by atoms with van der Waals surface area (Å²) in [6, 6.07) is 12.8. The number of rotatable bonds is 7. The molecule has 0 saturated heterocycles. The number of nitrogens with zero attached hydrogens (tertiary/aromatic N) is 1. The van der Waals surface area contributed by atoms with Gasteiger partial charge in [-0.25, -0.2) is 0 Å². The fraction of sp³-hybridized carbons (Fsp3) is 0.263. The van der Waals surface area contributed by atoms with Gasteiger partial charge in [0.25, 0.3) is 0 Å². The van der Waals surface area contributed by atoms with Gasteiger partial charge in [0.05, 0.1) is 25.0 Å². The van der Waals surface area contributed by atoms with E-state index in [0.29, 0.717) is 41.5 Å². The van der Waals surface area contributed by atoms with E-state index >= 15 is 0 Å². The number of benzene rings is 2. The second-order valence-electron chi connectivity index (χ2n) is 5.20. The number of Topliss-reactive ketones (excluding diaryl/α,β-unsaturated/α-hetero) is 1. The van der Waals surface area contributed by atoms with Crippen LogP contribution >= 0.6 is 0 Å². The van der Waals surface area contributed by atoms with Gasteiger partial charge in [-0.05, 0) is 49.7 Å². The van der Waals surface area contributed by atoms with Gasteiger partial charge in [-0.1, -0.05) is 6.07 Å². The van der Waals surface area contributed by atoms with Crippen LogP contribution in [0.5, 0.6) is 11.5 Å². The van der Waals surface area contributed by atoms with E-state index in [0.717, 1.165) is 5.56 Å². The van der Waals surface area contributed by atoms with Crippen molar-refractivity contribution in [3.63, 3.8) is 0 Å². The summed E-state index contributed by atoms with van der Waals surface area (Å²) in [5, 5.41) is 12.4. The molecule has 0 aliphatic carbocycles. The molecule has 0 aliphatic rings. The van der Waals surface area contributed by atoms with Gasteiger partial charge < -0.3 is 14.8 Å². The lowest BCUT2D eigenvalue weighted by atomic mass is 10.1. The van der Waals surface area contributed by atoms with Gasteiger partial charge in [0.1, 0.15) is 6.07 Å². The second kappa shape index (κ2) is 8.02. The lowest BCUT2D eigenvalue weighted by molar-refractivity contribution is 0.101. The zero-order chi connectivity index (χ0) is 17.5. The topological polar surface area (TPSA) is 71.3 Å². The number of nitrogens with one attached hydrogen (secondary N) is 1. The average molecular weight is 324 g/mol. The van der Waals surface area contributed by atoms with Gasteiger partial charge in [-0.2, -0.15) is 5.26 Å². The molecule has 5 heteroatoms. The molecule has 0 aliphatic heterocycles. The Balaban J connectivity index is 2.21. The van der Waals surface area contributed by atoms with Gasteiger partial charge in [-0.15, -0.1) is 0 Å². The first kappa shape index (κ1) is 17.4. The van der Waals surface area contributed by atoms with Crippen LogP contribution in [0.2, 0.25) is 0 Å². The van der Waals surface area contributed by atoms with Crippen molar-refractivity contribution in [1.29, 1.82) is 5.26 Å². The summed E-state index contributed by atoms with van der Waals surface area (Å²) in [6.07, 6.45) is 0. The summed E-state index contributed by atoms with van der Waals surface area (Å²) in [7, 11) is 1.60. The van der Waals surface area contributed by atoms with E-state index in [4.69, 9.17) is 9.47 Å². The van der Waals surface area contributed by atoms with Crippen molar-refractivity contribution < 1.29 is 14.3 Å². The van der Waals surface area contributed by atoms with E-state index in [2.05, 4.69) is 11.4 Å². The Morgan fingerprint density at radius 3 is 2.62 bits per heavy atom. The SMILES string of the molecule is CCOc1cc(CNc2cc(C(C)=O)ccc2C#N)ccc1OC. The number of methoxy groups -OCH3 is 1. The van der Waals surface area contributed by atoms with Crippen molar-refractivity contribution in [2.45, 2.75) is 20.4 Å². The van der Waals surface area contributed by atoms with E-state index < -0.39 is 0 Å². The monoisotopic (exact) mass is 324 g/mol. The predicted octanol–water partition coefficient (Wildman–Crippen LogP) is 3.78. The lowest BCUT2D eigenvalue weighted by Crippen LogP contribution is -2.04. The van der Waals surface area contributed by atoms with E-state index in [9.17, 15) is 10.1 Å². The van der Waals surface area contributed by atoms with E-state index in [-0.39, 0.29) is 5.78 Å². The second-order valence-corrected chi connectivity index (χ2v) is 5.20. The molecule has 1 N–H and O–H groups in total. The third kappa shape index (κ3) is 4.05. The maximum atomic E-state index is 11.5. The highest BCUT2D eigenvalue weighted by molar-refractivity contribution is 5.95. The van der Waals surface area contributed by atoms with E-state index in [1.54, 1.807) is 25.3 Å². The van der Waals surface area contributed by atoms with Crippen molar-refractivity contribution in [3.8, 4) is 17.6 Å². The Hall–Kier alpha value is -3.00. The first-order chi connectivity index (χ1) is 11.6. The zero-order valence-electron chi connectivity index (χ0n) is 14.1. The molecule has 124 valence electrons. The van der Waals surface area contributed by atoms with E-state index in [1.165, 1.54) is 6.92 Å². The van der Waals surface area contributed by atoms with Crippen LogP contribution in [0.1, 0.15) is 35.3 Å². The summed E-state index contributed by atoms with van der Waals surface area (Å²) >= 11 is 0. The molecule has 0 fully saturated rings. The van der Waals surface area contributed by atoms with Crippen LogP contribution in [0.15, 0.2) is 36.4 Å². The molecule has 2 rings (SSSR count). The first-order valence-electron chi connectivity index (χ1n) is 7.67. The Morgan fingerprint density at radius 2 is 2.00 bits per heavy atom. The van der Waals surface area contributed by atoms with Crippen LogP contribution in [0.4, 0.5) is 5.69 Å². The molecule has 0 heterocycles. The molecule has 2 aromatic carbocycles. The fourth-order valence-electron chi connectivity index (χ4n) is 2.30. The van der Waals surface area contributed by atoms with Crippen molar-refractivity contribution >= 4 is 11.5 Å². The molecule has 0 unspecified atom stereocenters. The van der Waals surface area contributed by atoms with E-state index in [1.807, 2.05) is 25.1 Å². The summed E-state index contributed by atoms with van der Waals surface area (Å²) in [6.45, 7) is 4.46.